The van der Waals surface area contributed by atoms with Gasteiger partial charge in [0.15, 0.2) is 5.78 Å². The molecule has 76 valence electrons. The molecule has 1 heterocycles. The Balaban J connectivity index is 2.59. The Morgan fingerprint density at radius 2 is 2.21 bits per heavy atom. The van der Waals surface area contributed by atoms with Crippen molar-refractivity contribution in [3.63, 3.8) is 0 Å². The molecule has 0 aliphatic rings. The van der Waals surface area contributed by atoms with Gasteiger partial charge >= 0.3 is 5.97 Å². The van der Waals surface area contributed by atoms with Crippen molar-refractivity contribution >= 4 is 23.1 Å². The summed E-state index contributed by atoms with van der Waals surface area (Å²) in [6, 6.07) is 1.86. The van der Waals surface area contributed by atoms with Crippen LogP contribution in [0.1, 0.15) is 28.6 Å². The summed E-state index contributed by atoms with van der Waals surface area (Å²) in [5.74, 6) is -0.610. The van der Waals surface area contributed by atoms with Gasteiger partial charge in [0.25, 0.3) is 0 Å². The highest BCUT2D eigenvalue weighted by Crippen LogP contribution is 2.17. The number of ketones is 1. The van der Waals surface area contributed by atoms with Gasteiger partial charge in [-0.15, -0.1) is 11.3 Å². The van der Waals surface area contributed by atoms with Gasteiger partial charge in [0.2, 0.25) is 0 Å². The summed E-state index contributed by atoms with van der Waals surface area (Å²) >= 11 is 1.36. The Morgan fingerprint density at radius 3 is 2.71 bits per heavy atom. The predicted molar refractivity (Wildman–Crippen MR) is 54.6 cm³/mol. The smallest absolute Gasteiger partial charge is 0.313 e. The molecule has 0 fully saturated rings. The van der Waals surface area contributed by atoms with Crippen molar-refractivity contribution in [3.8, 4) is 0 Å². The van der Waals surface area contributed by atoms with Crippen LogP contribution in [0.15, 0.2) is 11.4 Å². The molecule has 0 spiro atoms. The van der Waals surface area contributed by atoms with Crippen molar-refractivity contribution in [1.82, 2.24) is 0 Å². The third kappa shape index (κ3) is 2.67. The quantitative estimate of drug-likeness (QED) is 0.436. The maximum atomic E-state index is 11.5. The minimum Gasteiger partial charge on any atom is -0.466 e. The average molecular weight is 212 g/mol. The molecule has 0 amide bonds. The van der Waals surface area contributed by atoms with Crippen LogP contribution in [-0.2, 0) is 9.53 Å². The highest BCUT2D eigenvalue weighted by atomic mass is 32.1. The van der Waals surface area contributed by atoms with E-state index in [0.29, 0.717) is 11.5 Å². The Kier molecular flexibility index (Phi) is 3.83. The van der Waals surface area contributed by atoms with Crippen molar-refractivity contribution < 1.29 is 14.3 Å². The largest absolute Gasteiger partial charge is 0.466 e. The summed E-state index contributed by atoms with van der Waals surface area (Å²) in [4.78, 5) is 23.2. The SMILES string of the molecule is CCOC(=O)CC(=O)c1sccc1C. The Hall–Kier alpha value is -1.16. The van der Waals surface area contributed by atoms with E-state index >= 15 is 0 Å². The van der Waals surface area contributed by atoms with Crippen LogP contribution in [0.4, 0.5) is 0 Å². The molecule has 0 N–H and O–H groups in total. The maximum absolute atomic E-state index is 11.5. The standard InChI is InChI=1S/C10H12O3S/c1-3-13-9(12)6-8(11)10-7(2)4-5-14-10/h4-5H,3,6H2,1-2H3. The first kappa shape index (κ1) is 10.9. The highest BCUT2D eigenvalue weighted by Gasteiger charge is 2.15. The number of Topliss-reactive ketones (excluding diaryl/α,β-unsaturated/α-hetero) is 1. The van der Waals surface area contributed by atoms with Gasteiger partial charge in [-0.1, -0.05) is 0 Å². The summed E-state index contributed by atoms with van der Waals surface area (Å²) in [5.41, 5.74) is 0.921. The molecule has 1 rings (SSSR count). The Morgan fingerprint density at radius 1 is 1.50 bits per heavy atom. The van der Waals surface area contributed by atoms with E-state index in [9.17, 15) is 9.59 Å². The summed E-state index contributed by atoms with van der Waals surface area (Å²) in [5, 5.41) is 1.84. The molecule has 1 aromatic rings. The van der Waals surface area contributed by atoms with E-state index in [-0.39, 0.29) is 12.2 Å². The normalized spacial score (nSPS) is 9.86. The van der Waals surface area contributed by atoms with E-state index in [0.717, 1.165) is 5.56 Å². The minimum absolute atomic E-state index is 0.157. The summed E-state index contributed by atoms with van der Waals surface area (Å²) in [6.07, 6.45) is -0.158. The zero-order valence-electron chi connectivity index (χ0n) is 8.20. The lowest BCUT2D eigenvalue weighted by Crippen LogP contribution is -2.10. The molecule has 0 aliphatic heterocycles. The van der Waals surface area contributed by atoms with Crippen LogP contribution in [0, 0.1) is 6.92 Å². The van der Waals surface area contributed by atoms with Gasteiger partial charge < -0.3 is 4.74 Å². The van der Waals surface area contributed by atoms with Gasteiger partial charge in [0, 0.05) is 0 Å². The van der Waals surface area contributed by atoms with Gasteiger partial charge in [0.1, 0.15) is 6.42 Å². The molecule has 0 radical (unpaired) electrons. The molecule has 1 aromatic heterocycles. The number of hydrogen-bond donors (Lipinski definition) is 0. The first-order valence-corrected chi connectivity index (χ1v) is 5.26. The van der Waals surface area contributed by atoms with Gasteiger partial charge in [-0.25, -0.2) is 0 Å². The lowest BCUT2D eigenvalue weighted by Gasteiger charge is -2.00. The monoisotopic (exact) mass is 212 g/mol. The van der Waals surface area contributed by atoms with Crippen LogP contribution in [0.3, 0.4) is 0 Å². The van der Waals surface area contributed by atoms with Crippen molar-refractivity contribution in [2.24, 2.45) is 0 Å². The van der Waals surface area contributed by atoms with E-state index in [2.05, 4.69) is 0 Å². The summed E-state index contributed by atoms with van der Waals surface area (Å²) in [6.45, 7) is 3.89. The second kappa shape index (κ2) is 4.91. The molecule has 0 aromatic carbocycles. The van der Waals surface area contributed by atoms with Crippen LogP contribution in [0.2, 0.25) is 0 Å². The second-order valence-corrected chi connectivity index (χ2v) is 3.75. The van der Waals surface area contributed by atoms with Crippen LogP contribution >= 0.6 is 11.3 Å². The fourth-order valence-corrected chi connectivity index (χ4v) is 1.95. The molecule has 0 saturated carbocycles. The lowest BCUT2D eigenvalue weighted by atomic mass is 10.2. The van der Waals surface area contributed by atoms with Crippen LogP contribution in [0.25, 0.3) is 0 Å². The number of esters is 1. The highest BCUT2D eigenvalue weighted by molar-refractivity contribution is 7.12. The number of thiophene rings is 1. The molecular formula is C10H12O3S. The number of rotatable bonds is 4. The fraction of sp³-hybridized carbons (Fsp3) is 0.400. The van der Waals surface area contributed by atoms with Gasteiger partial charge in [-0.2, -0.15) is 0 Å². The maximum Gasteiger partial charge on any atom is 0.313 e. The van der Waals surface area contributed by atoms with E-state index < -0.39 is 5.97 Å². The first-order chi connectivity index (χ1) is 6.65. The van der Waals surface area contributed by atoms with Crippen molar-refractivity contribution in [2.45, 2.75) is 20.3 Å². The number of carbonyl (C=O) groups excluding carboxylic acids is 2. The zero-order chi connectivity index (χ0) is 10.6. The molecular weight excluding hydrogens is 200 g/mol. The van der Waals surface area contributed by atoms with Crippen LogP contribution in [-0.4, -0.2) is 18.4 Å². The average Bonchev–Trinajstić information content (AvgIpc) is 2.51. The molecule has 0 bridgehead atoms. The third-order valence-electron chi connectivity index (χ3n) is 1.73. The Labute approximate surface area is 86.7 Å². The fourth-order valence-electron chi connectivity index (χ4n) is 1.08. The molecule has 3 nitrogen and oxygen atoms in total. The molecule has 0 aliphatic carbocycles. The van der Waals surface area contributed by atoms with Crippen LogP contribution < -0.4 is 0 Å². The van der Waals surface area contributed by atoms with Crippen LogP contribution in [0.5, 0.6) is 0 Å². The molecule has 14 heavy (non-hydrogen) atoms. The topological polar surface area (TPSA) is 43.4 Å². The first-order valence-electron chi connectivity index (χ1n) is 4.38. The van der Waals surface area contributed by atoms with Crippen molar-refractivity contribution in [1.29, 1.82) is 0 Å². The third-order valence-corrected chi connectivity index (χ3v) is 2.78. The van der Waals surface area contributed by atoms with E-state index in [1.807, 2.05) is 18.4 Å². The molecule has 0 saturated heterocycles. The minimum atomic E-state index is -0.453. The van der Waals surface area contributed by atoms with E-state index in [1.165, 1.54) is 11.3 Å². The summed E-state index contributed by atoms with van der Waals surface area (Å²) < 4.78 is 4.70. The molecule has 0 unspecified atom stereocenters. The van der Waals surface area contributed by atoms with Gasteiger partial charge in [-0.3, -0.25) is 9.59 Å². The molecule has 0 atom stereocenters. The van der Waals surface area contributed by atoms with E-state index in [1.54, 1.807) is 6.92 Å². The predicted octanol–water partition coefficient (Wildman–Crippen LogP) is 2.19. The molecule has 4 heteroatoms. The number of ether oxygens (including phenoxy) is 1. The van der Waals surface area contributed by atoms with Crippen molar-refractivity contribution in [2.75, 3.05) is 6.61 Å². The van der Waals surface area contributed by atoms with Gasteiger partial charge in [0.05, 0.1) is 11.5 Å². The second-order valence-electron chi connectivity index (χ2n) is 2.84. The lowest BCUT2D eigenvalue weighted by molar-refractivity contribution is -0.141. The number of carbonyl (C=O) groups is 2. The van der Waals surface area contributed by atoms with Gasteiger partial charge in [-0.05, 0) is 30.9 Å². The summed E-state index contributed by atoms with van der Waals surface area (Å²) in [7, 11) is 0. The van der Waals surface area contributed by atoms with Crippen molar-refractivity contribution in [3.05, 3.63) is 21.9 Å². The number of hydrogen-bond acceptors (Lipinski definition) is 4. The zero-order valence-corrected chi connectivity index (χ0v) is 9.02. The van der Waals surface area contributed by atoms with E-state index in [4.69, 9.17) is 4.74 Å². The number of aryl methyl sites for hydroxylation is 1. The Bertz CT molecular complexity index is 341.